The highest BCUT2D eigenvalue weighted by Gasteiger charge is 2.33. The van der Waals surface area contributed by atoms with E-state index in [4.69, 9.17) is 10.6 Å². The number of rotatable bonds is 6. The molecule has 2 atom stereocenters. The van der Waals surface area contributed by atoms with E-state index < -0.39 is 0 Å². The van der Waals surface area contributed by atoms with Crippen molar-refractivity contribution in [1.29, 1.82) is 0 Å². The topological polar surface area (TPSA) is 65.1 Å². The molecule has 0 radical (unpaired) electrons. The fourth-order valence-corrected chi connectivity index (χ4v) is 3.25. The fraction of sp³-hybridized carbons (Fsp3) is 0.786. The zero-order chi connectivity index (χ0) is 13.7. The van der Waals surface area contributed by atoms with Gasteiger partial charge in [0.05, 0.1) is 6.10 Å². The van der Waals surface area contributed by atoms with Crippen LogP contribution in [0.2, 0.25) is 0 Å². The second kappa shape index (κ2) is 7.03. The third-order valence-corrected chi connectivity index (χ3v) is 4.26. The molecule has 108 valence electrons. The number of hydrazine groups is 1. The minimum Gasteiger partial charge on any atom is -0.379 e. The smallest absolute Gasteiger partial charge is 0.129 e. The van der Waals surface area contributed by atoms with Gasteiger partial charge in [0.25, 0.3) is 0 Å². The Kier molecular flexibility index (Phi) is 5.36. The lowest BCUT2D eigenvalue weighted by molar-refractivity contribution is 0.00450. The molecule has 5 heteroatoms. The van der Waals surface area contributed by atoms with E-state index in [9.17, 15) is 0 Å². The molecule has 0 aromatic carbocycles. The van der Waals surface area contributed by atoms with Crippen LogP contribution in [0.5, 0.6) is 0 Å². The third kappa shape index (κ3) is 3.16. The summed E-state index contributed by atoms with van der Waals surface area (Å²) < 4.78 is 7.89. The number of aromatic nitrogens is 2. The first-order chi connectivity index (χ1) is 9.31. The maximum Gasteiger partial charge on any atom is 0.129 e. The monoisotopic (exact) mass is 266 g/mol. The molecule has 1 fully saturated rings. The molecular formula is C14H26N4O. The second-order valence-electron chi connectivity index (χ2n) is 5.31. The molecule has 1 saturated carbocycles. The SMILES string of the molecule is CCn1ccnc1C(NN)C(OC)C1CCCCC1. The molecule has 0 bridgehead atoms. The molecule has 1 heterocycles. The summed E-state index contributed by atoms with van der Waals surface area (Å²) in [6.07, 6.45) is 10.3. The van der Waals surface area contributed by atoms with Gasteiger partial charge >= 0.3 is 0 Å². The number of nitrogens with zero attached hydrogens (tertiary/aromatic N) is 2. The summed E-state index contributed by atoms with van der Waals surface area (Å²) >= 11 is 0. The Morgan fingerprint density at radius 2 is 2.21 bits per heavy atom. The summed E-state index contributed by atoms with van der Waals surface area (Å²) in [6, 6.07) is -0.0388. The zero-order valence-electron chi connectivity index (χ0n) is 12.0. The predicted molar refractivity (Wildman–Crippen MR) is 75.3 cm³/mol. The van der Waals surface area contributed by atoms with Gasteiger partial charge in [-0.3, -0.25) is 5.84 Å². The first-order valence-corrected chi connectivity index (χ1v) is 7.31. The molecule has 3 N–H and O–H groups in total. The number of ether oxygens (including phenoxy) is 1. The Morgan fingerprint density at radius 1 is 1.47 bits per heavy atom. The highest BCUT2D eigenvalue weighted by molar-refractivity contribution is 5.03. The number of nitrogens with two attached hydrogens (primary N) is 1. The summed E-state index contributed by atoms with van der Waals surface area (Å²) in [5, 5.41) is 0. The molecule has 2 rings (SSSR count). The van der Waals surface area contributed by atoms with Crippen LogP contribution in [0.1, 0.15) is 50.9 Å². The van der Waals surface area contributed by atoms with Crippen molar-refractivity contribution in [2.75, 3.05) is 7.11 Å². The lowest BCUT2D eigenvalue weighted by Gasteiger charge is -2.34. The molecule has 1 aromatic rings. The molecule has 19 heavy (non-hydrogen) atoms. The van der Waals surface area contributed by atoms with E-state index in [1.54, 1.807) is 7.11 Å². The van der Waals surface area contributed by atoms with Crippen molar-refractivity contribution in [3.05, 3.63) is 18.2 Å². The van der Waals surface area contributed by atoms with E-state index in [-0.39, 0.29) is 12.1 Å². The normalized spacial score (nSPS) is 20.4. The van der Waals surface area contributed by atoms with Crippen molar-refractivity contribution >= 4 is 0 Å². The van der Waals surface area contributed by atoms with Crippen LogP contribution in [-0.2, 0) is 11.3 Å². The van der Waals surface area contributed by atoms with Crippen LogP contribution in [0.3, 0.4) is 0 Å². The Hall–Kier alpha value is -0.910. The van der Waals surface area contributed by atoms with Crippen molar-refractivity contribution in [3.8, 4) is 0 Å². The Labute approximate surface area is 115 Å². The molecule has 1 aliphatic carbocycles. The van der Waals surface area contributed by atoms with E-state index in [1.165, 1.54) is 32.1 Å². The molecule has 1 aromatic heterocycles. The van der Waals surface area contributed by atoms with Crippen LogP contribution >= 0.6 is 0 Å². The van der Waals surface area contributed by atoms with Crippen LogP contribution in [0.25, 0.3) is 0 Å². The van der Waals surface area contributed by atoms with Crippen molar-refractivity contribution in [1.82, 2.24) is 15.0 Å². The van der Waals surface area contributed by atoms with E-state index in [1.807, 2.05) is 12.4 Å². The van der Waals surface area contributed by atoms with Gasteiger partial charge in [0, 0.05) is 26.0 Å². The Morgan fingerprint density at radius 3 is 2.79 bits per heavy atom. The zero-order valence-corrected chi connectivity index (χ0v) is 12.0. The third-order valence-electron chi connectivity index (χ3n) is 4.26. The number of imidazole rings is 1. The lowest BCUT2D eigenvalue weighted by atomic mass is 9.82. The fourth-order valence-electron chi connectivity index (χ4n) is 3.25. The standard InChI is InChI=1S/C14H26N4O/c1-3-18-10-9-16-14(18)12(17-15)13(19-2)11-7-5-4-6-8-11/h9-13,17H,3-8,15H2,1-2H3. The van der Waals surface area contributed by atoms with Gasteiger partial charge in [0.1, 0.15) is 11.9 Å². The van der Waals surface area contributed by atoms with Crippen LogP contribution < -0.4 is 11.3 Å². The molecule has 0 amide bonds. The van der Waals surface area contributed by atoms with E-state index in [0.29, 0.717) is 5.92 Å². The Bertz CT molecular complexity index is 373. The average molecular weight is 266 g/mol. The van der Waals surface area contributed by atoms with Gasteiger partial charge in [0.15, 0.2) is 0 Å². The molecule has 5 nitrogen and oxygen atoms in total. The van der Waals surface area contributed by atoms with Gasteiger partial charge in [-0.25, -0.2) is 10.4 Å². The van der Waals surface area contributed by atoms with Crippen molar-refractivity contribution < 1.29 is 4.74 Å². The molecule has 0 aliphatic heterocycles. The van der Waals surface area contributed by atoms with E-state index in [0.717, 1.165) is 12.4 Å². The van der Waals surface area contributed by atoms with Crippen LogP contribution in [0, 0.1) is 5.92 Å². The van der Waals surface area contributed by atoms with Crippen LogP contribution in [-0.4, -0.2) is 22.8 Å². The summed E-state index contributed by atoms with van der Waals surface area (Å²) in [5.74, 6) is 7.33. The van der Waals surface area contributed by atoms with E-state index in [2.05, 4.69) is 21.9 Å². The number of methoxy groups -OCH3 is 1. The minimum absolute atomic E-state index is 0.0388. The van der Waals surface area contributed by atoms with Crippen molar-refractivity contribution in [2.24, 2.45) is 11.8 Å². The van der Waals surface area contributed by atoms with Crippen LogP contribution in [0.15, 0.2) is 12.4 Å². The quantitative estimate of drug-likeness (QED) is 0.610. The summed E-state index contributed by atoms with van der Waals surface area (Å²) in [7, 11) is 1.78. The maximum absolute atomic E-state index is 5.79. The molecule has 0 spiro atoms. The predicted octanol–water partition coefficient (Wildman–Crippen LogP) is 2.00. The molecule has 1 aliphatic rings. The minimum atomic E-state index is -0.0388. The van der Waals surface area contributed by atoms with Gasteiger partial charge in [-0.1, -0.05) is 19.3 Å². The molecular weight excluding hydrogens is 240 g/mol. The lowest BCUT2D eigenvalue weighted by Crippen LogP contribution is -2.43. The summed E-state index contributed by atoms with van der Waals surface area (Å²) in [4.78, 5) is 4.46. The van der Waals surface area contributed by atoms with Gasteiger partial charge < -0.3 is 9.30 Å². The van der Waals surface area contributed by atoms with Crippen molar-refractivity contribution in [3.63, 3.8) is 0 Å². The largest absolute Gasteiger partial charge is 0.379 e. The molecule has 2 unspecified atom stereocenters. The summed E-state index contributed by atoms with van der Waals surface area (Å²) in [6.45, 7) is 3.01. The van der Waals surface area contributed by atoms with E-state index >= 15 is 0 Å². The first-order valence-electron chi connectivity index (χ1n) is 7.31. The van der Waals surface area contributed by atoms with Gasteiger partial charge in [-0.05, 0) is 25.7 Å². The van der Waals surface area contributed by atoms with Crippen molar-refractivity contribution in [2.45, 2.75) is 57.7 Å². The van der Waals surface area contributed by atoms with Gasteiger partial charge in [-0.2, -0.15) is 0 Å². The Balaban J connectivity index is 2.18. The highest BCUT2D eigenvalue weighted by Crippen LogP contribution is 2.33. The number of hydrogen-bond donors (Lipinski definition) is 2. The maximum atomic E-state index is 5.79. The number of hydrogen-bond acceptors (Lipinski definition) is 4. The van der Waals surface area contributed by atoms with Crippen LogP contribution in [0.4, 0.5) is 0 Å². The summed E-state index contributed by atoms with van der Waals surface area (Å²) in [5.41, 5.74) is 2.92. The van der Waals surface area contributed by atoms with Gasteiger partial charge in [0.2, 0.25) is 0 Å². The number of nitrogens with one attached hydrogen (secondary N) is 1. The second-order valence-corrected chi connectivity index (χ2v) is 5.31. The first kappa shape index (κ1) is 14.5. The van der Waals surface area contributed by atoms with Gasteiger partial charge in [-0.15, -0.1) is 0 Å². The number of aryl methyl sites for hydroxylation is 1. The molecule has 0 saturated heterocycles. The highest BCUT2D eigenvalue weighted by atomic mass is 16.5. The average Bonchev–Trinajstić information content (AvgIpc) is 2.93.